The molecule has 0 saturated carbocycles. The summed E-state index contributed by atoms with van der Waals surface area (Å²) in [7, 11) is -3.33. The van der Waals surface area contributed by atoms with Crippen LogP contribution in [0.1, 0.15) is 31.4 Å². The van der Waals surface area contributed by atoms with Crippen molar-refractivity contribution in [1.29, 1.82) is 0 Å². The third kappa shape index (κ3) is 4.01. The molecule has 5 nitrogen and oxygen atoms in total. The minimum atomic E-state index is -3.33. The fourth-order valence-corrected chi connectivity index (χ4v) is 4.53. The van der Waals surface area contributed by atoms with E-state index in [1.54, 1.807) is 6.20 Å². The summed E-state index contributed by atoms with van der Waals surface area (Å²) in [6.07, 6.45) is 4.67. The molecule has 3 rings (SSSR count). The van der Waals surface area contributed by atoms with Crippen LogP contribution in [0, 0.1) is 0 Å². The zero-order chi connectivity index (χ0) is 17.0. The van der Waals surface area contributed by atoms with Crippen molar-refractivity contribution < 1.29 is 13.2 Å². The number of rotatable bonds is 5. The van der Waals surface area contributed by atoms with Crippen LogP contribution in [-0.4, -0.2) is 31.9 Å². The van der Waals surface area contributed by atoms with E-state index < -0.39 is 10.0 Å². The highest BCUT2D eigenvalue weighted by molar-refractivity contribution is 7.90. The molecule has 6 heteroatoms. The summed E-state index contributed by atoms with van der Waals surface area (Å²) < 4.78 is 33.0. The first-order valence-corrected chi connectivity index (χ1v) is 9.70. The van der Waals surface area contributed by atoms with Crippen LogP contribution in [0.25, 0.3) is 11.1 Å². The lowest BCUT2D eigenvalue weighted by Crippen LogP contribution is -2.39. The first kappa shape index (κ1) is 17.1. The molecule has 0 aliphatic carbocycles. The molecule has 128 valence electrons. The molecule has 2 heterocycles. The molecule has 1 aliphatic rings. The van der Waals surface area contributed by atoms with E-state index in [0.29, 0.717) is 26.1 Å². The maximum atomic E-state index is 12.5. The average Bonchev–Trinajstić information content (AvgIpc) is 2.63. The number of nitrogens with one attached hydrogen (secondary N) is 1. The van der Waals surface area contributed by atoms with Crippen LogP contribution >= 0.6 is 0 Å². The summed E-state index contributed by atoms with van der Waals surface area (Å²) in [5.41, 5.74) is 3.05. The molecule has 0 bridgehead atoms. The average molecular weight is 346 g/mol. The van der Waals surface area contributed by atoms with E-state index in [4.69, 9.17) is 4.74 Å². The second kappa shape index (κ2) is 7.42. The summed E-state index contributed by atoms with van der Waals surface area (Å²) in [4.78, 5) is 4.12. The van der Waals surface area contributed by atoms with E-state index in [-0.39, 0.29) is 11.3 Å². The van der Waals surface area contributed by atoms with Gasteiger partial charge in [-0.1, -0.05) is 30.3 Å². The Morgan fingerprint density at radius 1 is 1.12 bits per heavy atom. The minimum absolute atomic E-state index is 0.263. The molecule has 0 amide bonds. The smallest absolute Gasteiger partial charge is 0.215 e. The zero-order valence-corrected chi connectivity index (χ0v) is 14.5. The lowest BCUT2D eigenvalue weighted by molar-refractivity contribution is 0.0981. The third-order valence-electron chi connectivity index (χ3n) is 4.35. The minimum Gasteiger partial charge on any atom is -0.381 e. The molecule has 1 aliphatic heterocycles. The summed E-state index contributed by atoms with van der Waals surface area (Å²) in [6, 6.07) is 11.5. The Balaban J connectivity index is 1.70. The molecule has 0 radical (unpaired) electrons. The predicted octanol–water partition coefficient (Wildman–Crippen LogP) is 2.91. The number of pyridine rings is 1. The van der Waals surface area contributed by atoms with E-state index >= 15 is 0 Å². The molecule has 1 fully saturated rings. The number of nitrogens with zero attached hydrogens (tertiary/aromatic N) is 1. The third-order valence-corrected chi connectivity index (χ3v) is 6.38. The van der Waals surface area contributed by atoms with Crippen molar-refractivity contribution in [2.45, 2.75) is 31.1 Å². The van der Waals surface area contributed by atoms with Crippen molar-refractivity contribution in [3.8, 4) is 11.1 Å². The van der Waals surface area contributed by atoms with Crippen molar-refractivity contribution >= 4 is 10.0 Å². The lowest BCUT2D eigenvalue weighted by atomic mass is 10.0. The van der Waals surface area contributed by atoms with Crippen LogP contribution in [0.2, 0.25) is 0 Å². The SMILES string of the molecule is C[C@@H](NS(=O)(=O)C1CCOCC1)c1ccc(-c2cccnc2)cc1. The van der Waals surface area contributed by atoms with Crippen molar-refractivity contribution in [3.63, 3.8) is 0 Å². The van der Waals surface area contributed by atoms with Crippen molar-refractivity contribution in [2.75, 3.05) is 13.2 Å². The molecule has 1 N–H and O–H groups in total. The Morgan fingerprint density at radius 3 is 2.46 bits per heavy atom. The van der Waals surface area contributed by atoms with Gasteiger partial charge in [0.1, 0.15) is 0 Å². The standard InChI is InChI=1S/C18H22N2O3S/c1-14(20-24(21,22)18-8-11-23-12-9-18)15-4-6-16(7-5-15)17-3-2-10-19-13-17/h2-7,10,13-14,18,20H,8-9,11-12H2,1H3/t14-/m1/s1. The Morgan fingerprint density at radius 2 is 1.83 bits per heavy atom. The molecule has 0 spiro atoms. The molecule has 1 saturated heterocycles. The van der Waals surface area contributed by atoms with Gasteiger partial charge in [0.25, 0.3) is 0 Å². The summed E-state index contributed by atoms with van der Waals surface area (Å²) in [6.45, 7) is 2.90. The quantitative estimate of drug-likeness (QED) is 0.904. The maximum Gasteiger partial charge on any atom is 0.215 e. The number of sulfonamides is 1. The summed E-state index contributed by atoms with van der Waals surface area (Å²) in [5.74, 6) is 0. The number of benzene rings is 1. The van der Waals surface area contributed by atoms with Gasteiger partial charge in [-0.2, -0.15) is 0 Å². The fourth-order valence-electron chi connectivity index (χ4n) is 2.89. The van der Waals surface area contributed by atoms with E-state index in [0.717, 1.165) is 16.7 Å². The van der Waals surface area contributed by atoms with Crippen LogP contribution in [-0.2, 0) is 14.8 Å². The van der Waals surface area contributed by atoms with Crippen molar-refractivity contribution in [3.05, 3.63) is 54.4 Å². The van der Waals surface area contributed by atoms with Gasteiger partial charge in [0.05, 0.1) is 5.25 Å². The van der Waals surface area contributed by atoms with Gasteiger partial charge >= 0.3 is 0 Å². The van der Waals surface area contributed by atoms with Crippen molar-refractivity contribution in [2.24, 2.45) is 0 Å². The molecule has 1 aromatic carbocycles. The topological polar surface area (TPSA) is 68.3 Å². The molecular weight excluding hydrogens is 324 g/mol. The van der Waals surface area contributed by atoms with Crippen LogP contribution in [0.4, 0.5) is 0 Å². The van der Waals surface area contributed by atoms with Gasteiger partial charge in [-0.3, -0.25) is 4.98 Å². The van der Waals surface area contributed by atoms with Crippen molar-refractivity contribution in [1.82, 2.24) is 9.71 Å². The van der Waals surface area contributed by atoms with Crippen LogP contribution < -0.4 is 4.72 Å². The molecule has 2 aromatic rings. The van der Waals surface area contributed by atoms with Gasteiger partial charge in [0.2, 0.25) is 10.0 Å². The van der Waals surface area contributed by atoms with Gasteiger partial charge in [-0.25, -0.2) is 13.1 Å². The Bertz CT molecular complexity index is 755. The van der Waals surface area contributed by atoms with Crippen LogP contribution in [0.5, 0.6) is 0 Å². The summed E-state index contributed by atoms with van der Waals surface area (Å²) in [5, 5.41) is -0.358. The molecule has 0 unspecified atom stereocenters. The van der Waals surface area contributed by atoms with Gasteiger partial charge < -0.3 is 4.74 Å². The Labute approximate surface area is 143 Å². The van der Waals surface area contributed by atoms with Gasteiger partial charge in [-0.05, 0) is 42.5 Å². The van der Waals surface area contributed by atoms with Gasteiger partial charge in [0.15, 0.2) is 0 Å². The zero-order valence-electron chi connectivity index (χ0n) is 13.7. The largest absolute Gasteiger partial charge is 0.381 e. The van der Waals surface area contributed by atoms with E-state index in [9.17, 15) is 8.42 Å². The Kier molecular flexibility index (Phi) is 5.28. The van der Waals surface area contributed by atoms with E-state index in [2.05, 4.69) is 9.71 Å². The Hall–Kier alpha value is -1.76. The monoisotopic (exact) mass is 346 g/mol. The van der Waals surface area contributed by atoms with Crippen LogP contribution in [0.3, 0.4) is 0 Å². The molecule has 1 aromatic heterocycles. The van der Waals surface area contributed by atoms with E-state index in [1.807, 2.05) is 49.5 Å². The summed E-state index contributed by atoms with van der Waals surface area (Å²) >= 11 is 0. The number of hydrogen-bond donors (Lipinski definition) is 1. The highest BCUT2D eigenvalue weighted by Gasteiger charge is 2.29. The van der Waals surface area contributed by atoms with Gasteiger partial charge in [-0.15, -0.1) is 0 Å². The first-order chi connectivity index (χ1) is 11.6. The van der Waals surface area contributed by atoms with E-state index in [1.165, 1.54) is 0 Å². The number of ether oxygens (including phenoxy) is 1. The first-order valence-electron chi connectivity index (χ1n) is 8.15. The predicted molar refractivity (Wildman–Crippen MR) is 94.0 cm³/mol. The number of aromatic nitrogens is 1. The van der Waals surface area contributed by atoms with Crippen LogP contribution in [0.15, 0.2) is 48.8 Å². The van der Waals surface area contributed by atoms with Gasteiger partial charge in [0, 0.05) is 31.6 Å². The highest BCUT2D eigenvalue weighted by Crippen LogP contribution is 2.23. The fraction of sp³-hybridized carbons (Fsp3) is 0.389. The second-order valence-electron chi connectivity index (χ2n) is 6.06. The molecule has 24 heavy (non-hydrogen) atoms. The normalized spacial score (nSPS) is 17.5. The second-order valence-corrected chi connectivity index (χ2v) is 8.05. The molecule has 1 atom stereocenters. The maximum absolute atomic E-state index is 12.5. The molecular formula is C18H22N2O3S. The lowest BCUT2D eigenvalue weighted by Gasteiger charge is -2.24. The number of hydrogen-bond acceptors (Lipinski definition) is 4. The highest BCUT2D eigenvalue weighted by atomic mass is 32.2.